The third kappa shape index (κ3) is 3.11. The molecule has 2 nitrogen and oxygen atoms in total. The summed E-state index contributed by atoms with van der Waals surface area (Å²) in [6, 6.07) is 12.6. The maximum absolute atomic E-state index is 13.2. The van der Waals surface area contributed by atoms with Crippen LogP contribution in [0.2, 0.25) is 0 Å². The Kier molecular flexibility index (Phi) is 3.45. The molecule has 86 valence electrons. The van der Waals surface area contributed by atoms with Gasteiger partial charge in [-0.3, -0.25) is 5.43 Å². The number of hydrogen-bond acceptors (Lipinski definition) is 2. The summed E-state index contributed by atoms with van der Waals surface area (Å²) >= 11 is 0. The van der Waals surface area contributed by atoms with Crippen LogP contribution in [0.3, 0.4) is 0 Å². The van der Waals surface area contributed by atoms with Crippen molar-refractivity contribution in [1.82, 2.24) is 0 Å². The fourth-order valence-electron chi connectivity index (χ4n) is 1.30. The minimum atomic E-state index is -0.636. The van der Waals surface area contributed by atoms with E-state index in [2.05, 4.69) is 10.5 Å². The van der Waals surface area contributed by atoms with Crippen LogP contribution in [0.15, 0.2) is 53.6 Å². The van der Waals surface area contributed by atoms with Gasteiger partial charge in [0.2, 0.25) is 0 Å². The highest BCUT2D eigenvalue weighted by atomic mass is 19.1. The molecule has 0 aromatic heterocycles. The highest BCUT2D eigenvalue weighted by Gasteiger charge is 2.00. The second kappa shape index (κ2) is 5.21. The molecule has 0 aliphatic heterocycles. The molecule has 0 saturated heterocycles. The van der Waals surface area contributed by atoms with Gasteiger partial charge in [0.05, 0.1) is 11.9 Å². The lowest BCUT2D eigenvalue weighted by molar-refractivity contribution is 0.582. The van der Waals surface area contributed by atoms with Gasteiger partial charge in [-0.05, 0) is 24.3 Å². The first-order valence-electron chi connectivity index (χ1n) is 5.05. The van der Waals surface area contributed by atoms with Crippen molar-refractivity contribution in [2.45, 2.75) is 0 Å². The summed E-state index contributed by atoms with van der Waals surface area (Å²) in [6.07, 6.45) is 1.31. The summed E-state index contributed by atoms with van der Waals surface area (Å²) in [6.45, 7) is 0. The Hall–Kier alpha value is -2.23. The highest BCUT2D eigenvalue weighted by molar-refractivity contribution is 5.80. The van der Waals surface area contributed by atoms with Crippen LogP contribution in [-0.4, -0.2) is 6.21 Å². The molecule has 0 fully saturated rings. The van der Waals surface area contributed by atoms with Crippen LogP contribution in [0.1, 0.15) is 5.56 Å². The standard InChI is InChI=1S/C13H10F2N2/c14-11-7-6-10(13(15)8-11)9-16-17-12-4-2-1-3-5-12/h1-9,17H. The van der Waals surface area contributed by atoms with E-state index < -0.39 is 11.6 Å². The molecule has 0 radical (unpaired) electrons. The highest BCUT2D eigenvalue weighted by Crippen LogP contribution is 2.08. The van der Waals surface area contributed by atoms with Crippen molar-refractivity contribution in [2.24, 2.45) is 5.10 Å². The molecule has 0 saturated carbocycles. The molecule has 17 heavy (non-hydrogen) atoms. The van der Waals surface area contributed by atoms with E-state index >= 15 is 0 Å². The van der Waals surface area contributed by atoms with Crippen LogP contribution in [0.5, 0.6) is 0 Å². The molecule has 0 spiro atoms. The van der Waals surface area contributed by atoms with Gasteiger partial charge in [0.15, 0.2) is 0 Å². The van der Waals surface area contributed by atoms with E-state index in [1.165, 1.54) is 18.3 Å². The van der Waals surface area contributed by atoms with Crippen molar-refractivity contribution in [3.8, 4) is 0 Å². The van der Waals surface area contributed by atoms with Crippen molar-refractivity contribution < 1.29 is 8.78 Å². The second-order valence-corrected chi connectivity index (χ2v) is 3.40. The Morgan fingerprint density at radius 1 is 1.00 bits per heavy atom. The van der Waals surface area contributed by atoms with Gasteiger partial charge in [-0.25, -0.2) is 8.78 Å². The lowest BCUT2D eigenvalue weighted by Crippen LogP contribution is -1.93. The molecule has 0 heterocycles. The van der Waals surface area contributed by atoms with Crippen LogP contribution in [-0.2, 0) is 0 Å². The number of hydrogen-bond donors (Lipinski definition) is 1. The normalized spacial score (nSPS) is 10.7. The summed E-state index contributed by atoms with van der Waals surface area (Å²) < 4.78 is 25.9. The number of nitrogens with one attached hydrogen (secondary N) is 1. The predicted molar refractivity (Wildman–Crippen MR) is 64.0 cm³/mol. The van der Waals surface area contributed by atoms with Gasteiger partial charge in [0.1, 0.15) is 11.6 Å². The molecule has 0 aliphatic rings. The first kappa shape index (κ1) is 11.3. The first-order chi connectivity index (χ1) is 8.25. The van der Waals surface area contributed by atoms with Crippen LogP contribution < -0.4 is 5.43 Å². The average Bonchev–Trinajstić information content (AvgIpc) is 2.33. The van der Waals surface area contributed by atoms with Crippen molar-refractivity contribution in [2.75, 3.05) is 5.43 Å². The predicted octanol–water partition coefficient (Wildman–Crippen LogP) is 3.41. The summed E-state index contributed by atoms with van der Waals surface area (Å²) in [4.78, 5) is 0. The van der Waals surface area contributed by atoms with Crippen molar-refractivity contribution in [3.05, 3.63) is 65.7 Å². The monoisotopic (exact) mass is 232 g/mol. The Bertz CT molecular complexity index is 524. The van der Waals surface area contributed by atoms with Crippen LogP contribution in [0, 0.1) is 11.6 Å². The minimum absolute atomic E-state index is 0.231. The third-order valence-corrected chi connectivity index (χ3v) is 2.13. The van der Waals surface area contributed by atoms with Crippen molar-refractivity contribution in [3.63, 3.8) is 0 Å². The zero-order valence-electron chi connectivity index (χ0n) is 8.90. The fourth-order valence-corrected chi connectivity index (χ4v) is 1.30. The molecule has 2 aromatic rings. The summed E-state index contributed by atoms with van der Waals surface area (Å²) in [5.41, 5.74) is 3.77. The van der Waals surface area contributed by atoms with Crippen LogP contribution >= 0.6 is 0 Å². The number of halogens is 2. The molecule has 4 heteroatoms. The smallest absolute Gasteiger partial charge is 0.134 e. The number of benzene rings is 2. The molecular formula is C13H10F2N2. The average molecular weight is 232 g/mol. The third-order valence-electron chi connectivity index (χ3n) is 2.13. The zero-order chi connectivity index (χ0) is 12.1. The topological polar surface area (TPSA) is 24.4 Å². The molecule has 0 bridgehead atoms. The van der Waals surface area contributed by atoms with Gasteiger partial charge in [-0.1, -0.05) is 18.2 Å². The number of rotatable bonds is 3. The Morgan fingerprint density at radius 3 is 2.47 bits per heavy atom. The molecule has 1 N–H and O–H groups in total. The Balaban J connectivity index is 2.06. The maximum atomic E-state index is 13.2. The van der Waals surface area contributed by atoms with E-state index in [9.17, 15) is 8.78 Å². The van der Waals surface area contributed by atoms with Gasteiger partial charge >= 0.3 is 0 Å². The summed E-state index contributed by atoms with van der Waals surface area (Å²) in [7, 11) is 0. The molecule has 0 amide bonds. The zero-order valence-corrected chi connectivity index (χ0v) is 8.90. The van der Waals surface area contributed by atoms with Gasteiger partial charge < -0.3 is 0 Å². The summed E-state index contributed by atoms with van der Waals surface area (Å²) in [5.74, 6) is -1.24. The Morgan fingerprint density at radius 2 is 1.76 bits per heavy atom. The van der Waals surface area contributed by atoms with E-state index in [0.717, 1.165) is 11.8 Å². The fraction of sp³-hybridized carbons (Fsp3) is 0. The van der Waals surface area contributed by atoms with Crippen molar-refractivity contribution in [1.29, 1.82) is 0 Å². The number of anilines is 1. The van der Waals surface area contributed by atoms with Gasteiger partial charge in [-0.15, -0.1) is 0 Å². The SMILES string of the molecule is Fc1ccc(C=NNc2ccccc2)c(F)c1. The molecule has 2 rings (SSSR count). The van der Waals surface area contributed by atoms with Gasteiger partial charge in [0.25, 0.3) is 0 Å². The molecular weight excluding hydrogens is 222 g/mol. The van der Waals surface area contributed by atoms with Gasteiger partial charge in [-0.2, -0.15) is 5.10 Å². The Labute approximate surface area is 97.6 Å². The van der Waals surface area contributed by atoms with Crippen LogP contribution in [0.25, 0.3) is 0 Å². The van der Waals surface area contributed by atoms with E-state index in [1.807, 2.05) is 30.3 Å². The van der Waals surface area contributed by atoms with E-state index in [4.69, 9.17) is 0 Å². The van der Waals surface area contributed by atoms with Crippen LogP contribution in [0.4, 0.5) is 14.5 Å². The van der Waals surface area contributed by atoms with E-state index in [-0.39, 0.29) is 5.56 Å². The molecule has 0 atom stereocenters. The molecule has 2 aromatic carbocycles. The first-order valence-corrected chi connectivity index (χ1v) is 5.05. The van der Waals surface area contributed by atoms with E-state index in [1.54, 1.807) is 0 Å². The number of hydrazone groups is 1. The van der Waals surface area contributed by atoms with Gasteiger partial charge in [0, 0.05) is 11.6 Å². The summed E-state index contributed by atoms with van der Waals surface area (Å²) in [5, 5.41) is 3.86. The largest absolute Gasteiger partial charge is 0.279 e. The number of nitrogens with zero attached hydrogens (tertiary/aromatic N) is 1. The molecule has 0 unspecified atom stereocenters. The lowest BCUT2D eigenvalue weighted by atomic mass is 10.2. The van der Waals surface area contributed by atoms with E-state index in [0.29, 0.717) is 0 Å². The number of para-hydroxylation sites is 1. The van der Waals surface area contributed by atoms with Crippen molar-refractivity contribution >= 4 is 11.9 Å². The molecule has 0 aliphatic carbocycles. The maximum Gasteiger partial charge on any atom is 0.134 e. The lowest BCUT2D eigenvalue weighted by Gasteiger charge is -1.99. The quantitative estimate of drug-likeness (QED) is 0.636. The minimum Gasteiger partial charge on any atom is -0.279 e. The second-order valence-electron chi connectivity index (χ2n) is 3.40.